The lowest BCUT2D eigenvalue weighted by atomic mass is 9.85. The van der Waals surface area contributed by atoms with Gasteiger partial charge >= 0.3 is 0 Å². The van der Waals surface area contributed by atoms with E-state index in [4.69, 9.17) is 14.7 Å². The average molecular weight is 247 g/mol. The van der Waals surface area contributed by atoms with Gasteiger partial charge in [-0.1, -0.05) is 18.0 Å². The normalized spacial score (nSPS) is 24.3. The fourth-order valence-electron chi connectivity index (χ4n) is 2.55. The molecule has 2 unspecified atom stereocenters. The van der Waals surface area contributed by atoms with Crippen molar-refractivity contribution in [2.24, 2.45) is 5.73 Å². The molecule has 1 fully saturated rings. The Bertz CT molecular complexity index is 532. The molecule has 2 aromatic heterocycles. The molecule has 18 heavy (non-hydrogen) atoms. The highest BCUT2D eigenvalue weighted by Gasteiger charge is 2.29. The summed E-state index contributed by atoms with van der Waals surface area (Å²) in [6.45, 7) is 1.96. The minimum Gasteiger partial charge on any atom is -0.461 e. The van der Waals surface area contributed by atoms with Gasteiger partial charge in [-0.2, -0.15) is 4.98 Å². The van der Waals surface area contributed by atoms with Crippen LogP contribution in [-0.2, 0) is 0 Å². The van der Waals surface area contributed by atoms with Crippen LogP contribution >= 0.6 is 0 Å². The maximum Gasteiger partial charge on any atom is 0.238 e. The van der Waals surface area contributed by atoms with E-state index in [9.17, 15) is 0 Å². The maximum atomic E-state index is 6.12. The largest absolute Gasteiger partial charge is 0.461 e. The third-order valence-corrected chi connectivity index (χ3v) is 3.64. The molecule has 1 aliphatic carbocycles. The topological polar surface area (TPSA) is 78.1 Å². The Morgan fingerprint density at radius 1 is 1.33 bits per heavy atom. The van der Waals surface area contributed by atoms with Gasteiger partial charge in [0.05, 0.1) is 12.2 Å². The molecule has 2 heterocycles. The number of nitrogens with two attached hydrogens (primary N) is 1. The highest BCUT2D eigenvalue weighted by Crippen LogP contribution is 2.32. The van der Waals surface area contributed by atoms with Crippen LogP contribution in [0.5, 0.6) is 0 Å². The Morgan fingerprint density at radius 3 is 2.89 bits per heavy atom. The van der Waals surface area contributed by atoms with Gasteiger partial charge < -0.3 is 14.7 Å². The van der Waals surface area contributed by atoms with Gasteiger partial charge in [0.2, 0.25) is 11.7 Å². The van der Waals surface area contributed by atoms with Crippen LogP contribution in [-0.4, -0.2) is 16.2 Å². The monoisotopic (exact) mass is 247 g/mol. The van der Waals surface area contributed by atoms with Gasteiger partial charge in [-0.25, -0.2) is 0 Å². The van der Waals surface area contributed by atoms with Crippen LogP contribution in [0.2, 0.25) is 0 Å². The van der Waals surface area contributed by atoms with Gasteiger partial charge in [-0.3, -0.25) is 0 Å². The summed E-state index contributed by atoms with van der Waals surface area (Å²) >= 11 is 0. The summed E-state index contributed by atoms with van der Waals surface area (Å²) in [7, 11) is 0. The van der Waals surface area contributed by atoms with E-state index in [1.165, 1.54) is 12.8 Å². The Labute approximate surface area is 105 Å². The molecule has 0 amide bonds. The van der Waals surface area contributed by atoms with Crippen molar-refractivity contribution in [3.8, 4) is 11.6 Å². The first-order valence-corrected chi connectivity index (χ1v) is 6.39. The lowest BCUT2D eigenvalue weighted by Crippen LogP contribution is -2.31. The molecular formula is C13H17N3O2. The molecule has 0 spiro atoms. The molecule has 5 heteroatoms. The molecule has 0 aliphatic heterocycles. The Balaban J connectivity index is 1.87. The lowest BCUT2D eigenvalue weighted by molar-refractivity contribution is 0.290. The first-order chi connectivity index (χ1) is 8.75. The summed E-state index contributed by atoms with van der Waals surface area (Å²) in [4.78, 5) is 4.44. The van der Waals surface area contributed by atoms with E-state index in [1.54, 1.807) is 6.26 Å². The molecule has 2 aromatic rings. The zero-order valence-corrected chi connectivity index (χ0v) is 10.4. The highest BCUT2D eigenvalue weighted by molar-refractivity contribution is 5.51. The molecule has 3 rings (SSSR count). The number of aryl methyl sites for hydroxylation is 1. The summed E-state index contributed by atoms with van der Waals surface area (Å²) in [5.41, 5.74) is 7.13. The lowest BCUT2D eigenvalue weighted by Gasteiger charge is -2.25. The third-order valence-electron chi connectivity index (χ3n) is 3.64. The van der Waals surface area contributed by atoms with E-state index in [0.717, 1.165) is 18.4 Å². The van der Waals surface area contributed by atoms with Crippen molar-refractivity contribution >= 4 is 0 Å². The molecular weight excluding hydrogens is 230 g/mol. The van der Waals surface area contributed by atoms with Crippen molar-refractivity contribution in [3.63, 3.8) is 0 Å². The summed E-state index contributed by atoms with van der Waals surface area (Å²) in [6, 6.07) is 2.02. The summed E-state index contributed by atoms with van der Waals surface area (Å²) in [5.74, 6) is 2.03. The second-order valence-corrected chi connectivity index (χ2v) is 4.94. The maximum absolute atomic E-state index is 6.12. The van der Waals surface area contributed by atoms with Crippen LogP contribution in [0.4, 0.5) is 0 Å². The fourth-order valence-corrected chi connectivity index (χ4v) is 2.55. The van der Waals surface area contributed by atoms with Crippen LogP contribution in [0.1, 0.15) is 43.1 Å². The standard InChI is InChI=1S/C13H17N3O2/c1-8-6-7-17-11(8)12-15-13(18-16-12)9-4-2-3-5-10(9)14/h6-7,9-10H,2-5,14H2,1H3. The minimum atomic E-state index is 0.129. The van der Waals surface area contributed by atoms with Gasteiger partial charge in [-0.05, 0) is 31.4 Å². The van der Waals surface area contributed by atoms with Crippen molar-refractivity contribution in [2.45, 2.75) is 44.6 Å². The predicted molar refractivity (Wildman–Crippen MR) is 65.9 cm³/mol. The zero-order valence-electron chi connectivity index (χ0n) is 10.4. The summed E-state index contributed by atoms with van der Waals surface area (Å²) < 4.78 is 10.7. The fraction of sp³-hybridized carbons (Fsp3) is 0.538. The minimum absolute atomic E-state index is 0.129. The number of rotatable bonds is 2. The van der Waals surface area contributed by atoms with Crippen LogP contribution in [0.25, 0.3) is 11.6 Å². The highest BCUT2D eigenvalue weighted by atomic mass is 16.5. The molecule has 2 N–H and O–H groups in total. The van der Waals surface area contributed by atoms with Crippen molar-refractivity contribution < 1.29 is 8.94 Å². The Hall–Kier alpha value is -1.62. The number of aromatic nitrogens is 2. The second kappa shape index (κ2) is 4.57. The van der Waals surface area contributed by atoms with E-state index in [-0.39, 0.29) is 12.0 Å². The third kappa shape index (κ3) is 1.95. The molecule has 5 nitrogen and oxygen atoms in total. The van der Waals surface area contributed by atoms with Crippen LogP contribution < -0.4 is 5.73 Å². The van der Waals surface area contributed by atoms with Gasteiger partial charge in [0.1, 0.15) is 0 Å². The van der Waals surface area contributed by atoms with E-state index in [2.05, 4.69) is 10.1 Å². The number of hydrogen-bond acceptors (Lipinski definition) is 5. The number of hydrogen-bond donors (Lipinski definition) is 1. The molecule has 0 bridgehead atoms. The second-order valence-electron chi connectivity index (χ2n) is 4.94. The van der Waals surface area contributed by atoms with E-state index in [1.807, 2.05) is 13.0 Å². The zero-order chi connectivity index (χ0) is 12.5. The number of nitrogens with zero attached hydrogens (tertiary/aromatic N) is 2. The first-order valence-electron chi connectivity index (χ1n) is 6.39. The molecule has 96 valence electrons. The van der Waals surface area contributed by atoms with Gasteiger partial charge in [0, 0.05) is 6.04 Å². The van der Waals surface area contributed by atoms with Gasteiger partial charge in [-0.15, -0.1) is 0 Å². The average Bonchev–Trinajstić information content (AvgIpc) is 2.98. The van der Waals surface area contributed by atoms with Crippen molar-refractivity contribution in [1.29, 1.82) is 0 Å². The van der Waals surface area contributed by atoms with Crippen LogP contribution in [0, 0.1) is 6.92 Å². The quantitative estimate of drug-likeness (QED) is 0.882. The number of furan rings is 1. The first kappa shape index (κ1) is 11.5. The Kier molecular flexibility index (Phi) is 2.91. The molecule has 2 atom stereocenters. The molecule has 0 saturated heterocycles. The molecule has 1 aliphatic rings. The predicted octanol–water partition coefficient (Wildman–Crippen LogP) is 2.62. The van der Waals surface area contributed by atoms with Crippen LogP contribution in [0.15, 0.2) is 21.3 Å². The van der Waals surface area contributed by atoms with E-state index < -0.39 is 0 Å². The van der Waals surface area contributed by atoms with E-state index >= 15 is 0 Å². The van der Waals surface area contributed by atoms with Crippen molar-refractivity contribution in [2.75, 3.05) is 0 Å². The smallest absolute Gasteiger partial charge is 0.238 e. The molecule has 0 aromatic carbocycles. The van der Waals surface area contributed by atoms with Crippen molar-refractivity contribution in [3.05, 3.63) is 23.8 Å². The van der Waals surface area contributed by atoms with Crippen molar-refractivity contribution in [1.82, 2.24) is 10.1 Å². The van der Waals surface area contributed by atoms with E-state index in [0.29, 0.717) is 17.5 Å². The molecule has 1 saturated carbocycles. The molecule has 0 radical (unpaired) electrons. The van der Waals surface area contributed by atoms with Gasteiger partial charge in [0.15, 0.2) is 5.76 Å². The SMILES string of the molecule is Cc1ccoc1-c1noc(C2CCCCC2N)n1. The van der Waals surface area contributed by atoms with Gasteiger partial charge in [0.25, 0.3) is 0 Å². The Morgan fingerprint density at radius 2 is 2.17 bits per heavy atom. The summed E-state index contributed by atoms with van der Waals surface area (Å²) in [6.07, 6.45) is 6.06. The van der Waals surface area contributed by atoms with Crippen LogP contribution in [0.3, 0.4) is 0 Å². The summed E-state index contributed by atoms with van der Waals surface area (Å²) in [5, 5.41) is 3.99.